The molecule has 2 rings (SSSR count). The number of benzene rings is 1. The zero-order valence-corrected chi connectivity index (χ0v) is 12.3. The van der Waals surface area contributed by atoms with Crippen molar-refractivity contribution in [2.45, 2.75) is 30.5 Å². The first-order valence-electron chi connectivity index (χ1n) is 5.81. The minimum atomic E-state index is -1.34. The number of nitrogen functional groups attached to an aromatic ring is 1. The van der Waals surface area contributed by atoms with E-state index in [9.17, 15) is 4.21 Å². The van der Waals surface area contributed by atoms with Crippen LogP contribution in [0.5, 0.6) is 0 Å². The lowest BCUT2D eigenvalue weighted by Gasteiger charge is -2.10. The molecule has 0 spiro atoms. The third-order valence-corrected chi connectivity index (χ3v) is 4.48. The average molecular weight is 299 g/mol. The van der Waals surface area contributed by atoms with Crippen LogP contribution in [0.4, 0.5) is 5.69 Å². The van der Waals surface area contributed by atoms with Crippen molar-refractivity contribution < 1.29 is 4.21 Å². The maximum absolute atomic E-state index is 12.4. The molecule has 7 heteroatoms. The highest BCUT2D eigenvalue weighted by Crippen LogP contribution is 2.27. The Hall–Kier alpha value is -1.40. The molecule has 2 aromatic rings. The number of hydrogen-bond donors (Lipinski definition) is 1. The van der Waals surface area contributed by atoms with E-state index in [-0.39, 0.29) is 11.8 Å². The maximum atomic E-state index is 12.4. The van der Waals surface area contributed by atoms with Crippen LogP contribution in [-0.2, 0) is 16.6 Å². The molecule has 0 aliphatic heterocycles. The van der Waals surface area contributed by atoms with Crippen LogP contribution < -0.4 is 5.73 Å². The van der Waals surface area contributed by atoms with Crippen molar-refractivity contribution in [2.24, 2.45) is 0 Å². The number of hydrogen-bond acceptors (Lipinski definition) is 4. The smallest absolute Gasteiger partial charge is 0.140 e. The Kier molecular flexibility index (Phi) is 4.21. The lowest BCUT2D eigenvalue weighted by molar-refractivity contribution is 0.513. The molecule has 0 bridgehead atoms. The zero-order valence-electron chi connectivity index (χ0n) is 10.7. The number of nitrogens with two attached hydrogens (primary N) is 1. The van der Waals surface area contributed by atoms with Crippen LogP contribution in [0.15, 0.2) is 29.4 Å². The fraction of sp³-hybridized carbons (Fsp3) is 0.333. The first kappa shape index (κ1) is 14.0. The van der Waals surface area contributed by atoms with E-state index >= 15 is 0 Å². The molecule has 5 nitrogen and oxygen atoms in total. The zero-order chi connectivity index (χ0) is 14.0. The fourth-order valence-electron chi connectivity index (χ4n) is 1.76. The molecule has 0 aliphatic carbocycles. The van der Waals surface area contributed by atoms with Gasteiger partial charge in [0.05, 0.1) is 26.5 Å². The highest BCUT2D eigenvalue weighted by atomic mass is 35.5. The molecular weight excluding hydrogens is 284 g/mol. The highest BCUT2D eigenvalue weighted by molar-refractivity contribution is 7.84. The first-order valence-corrected chi connectivity index (χ1v) is 7.51. The second kappa shape index (κ2) is 5.71. The van der Waals surface area contributed by atoms with Crippen molar-refractivity contribution in [3.05, 3.63) is 35.4 Å². The second-order valence-electron chi connectivity index (χ2n) is 4.36. The first-order chi connectivity index (χ1) is 9.00. The summed E-state index contributed by atoms with van der Waals surface area (Å²) in [5.74, 6) is 0.902. The van der Waals surface area contributed by atoms with E-state index in [1.54, 1.807) is 22.9 Å². The second-order valence-corrected chi connectivity index (χ2v) is 6.16. The van der Waals surface area contributed by atoms with Gasteiger partial charge in [-0.25, -0.2) is 9.67 Å². The largest absolute Gasteiger partial charge is 0.398 e. The molecule has 0 aliphatic rings. The molecule has 1 heterocycles. The molecule has 0 saturated carbocycles. The van der Waals surface area contributed by atoms with Crippen molar-refractivity contribution >= 4 is 28.1 Å². The van der Waals surface area contributed by atoms with Crippen LogP contribution in [0.25, 0.3) is 0 Å². The summed E-state index contributed by atoms with van der Waals surface area (Å²) >= 11 is 6.05. The van der Waals surface area contributed by atoms with Gasteiger partial charge in [-0.2, -0.15) is 5.10 Å². The van der Waals surface area contributed by atoms with E-state index in [4.69, 9.17) is 17.3 Å². The van der Waals surface area contributed by atoms with Gasteiger partial charge in [-0.15, -0.1) is 0 Å². The van der Waals surface area contributed by atoms with Crippen molar-refractivity contribution in [1.82, 2.24) is 14.8 Å². The lowest BCUT2D eigenvalue weighted by atomic mass is 10.3. The fourth-order valence-corrected chi connectivity index (χ4v) is 3.41. The SMILES string of the molecule is CC(C)n1ncnc1CS(=O)c1c(N)cccc1Cl. The van der Waals surface area contributed by atoms with Crippen LogP contribution in [0.1, 0.15) is 25.7 Å². The van der Waals surface area contributed by atoms with Crippen LogP contribution in [0.2, 0.25) is 5.02 Å². The Bertz CT molecular complexity index is 591. The Morgan fingerprint density at radius 1 is 1.47 bits per heavy atom. The number of nitrogens with zero attached hydrogens (tertiary/aromatic N) is 3. The molecule has 1 aromatic carbocycles. The molecule has 0 radical (unpaired) electrons. The lowest BCUT2D eigenvalue weighted by Crippen LogP contribution is -2.11. The predicted molar refractivity (Wildman–Crippen MR) is 76.4 cm³/mol. The van der Waals surface area contributed by atoms with Gasteiger partial charge in [0.1, 0.15) is 12.2 Å². The quantitative estimate of drug-likeness (QED) is 0.880. The van der Waals surface area contributed by atoms with Crippen LogP contribution in [-0.4, -0.2) is 19.0 Å². The van der Waals surface area contributed by atoms with E-state index < -0.39 is 10.8 Å². The summed E-state index contributed by atoms with van der Waals surface area (Å²) in [6.45, 7) is 3.98. The number of halogens is 1. The monoisotopic (exact) mass is 298 g/mol. The minimum Gasteiger partial charge on any atom is -0.398 e. The van der Waals surface area contributed by atoms with E-state index in [1.165, 1.54) is 6.33 Å². The minimum absolute atomic E-state index is 0.165. The molecule has 1 unspecified atom stereocenters. The van der Waals surface area contributed by atoms with Crippen molar-refractivity contribution in [1.29, 1.82) is 0 Å². The van der Waals surface area contributed by atoms with E-state index in [2.05, 4.69) is 10.1 Å². The number of aromatic nitrogens is 3. The molecule has 1 aromatic heterocycles. The third-order valence-electron chi connectivity index (χ3n) is 2.62. The van der Waals surface area contributed by atoms with E-state index in [0.717, 1.165) is 0 Å². The van der Waals surface area contributed by atoms with Crippen molar-refractivity contribution in [3.8, 4) is 0 Å². The van der Waals surface area contributed by atoms with Crippen LogP contribution in [0, 0.1) is 0 Å². The molecule has 0 amide bonds. The van der Waals surface area contributed by atoms with Gasteiger partial charge in [-0.3, -0.25) is 4.21 Å². The van der Waals surface area contributed by atoms with E-state index in [1.807, 2.05) is 13.8 Å². The van der Waals surface area contributed by atoms with Crippen molar-refractivity contribution in [2.75, 3.05) is 5.73 Å². The summed E-state index contributed by atoms with van der Waals surface area (Å²) < 4.78 is 14.1. The topological polar surface area (TPSA) is 73.8 Å². The molecule has 1 atom stereocenters. The normalized spacial score (nSPS) is 12.8. The molecule has 19 heavy (non-hydrogen) atoms. The van der Waals surface area contributed by atoms with E-state index in [0.29, 0.717) is 21.4 Å². The van der Waals surface area contributed by atoms with Crippen molar-refractivity contribution in [3.63, 3.8) is 0 Å². The summed E-state index contributed by atoms with van der Waals surface area (Å²) in [5.41, 5.74) is 6.26. The summed E-state index contributed by atoms with van der Waals surface area (Å²) in [6, 6.07) is 5.26. The number of rotatable bonds is 4. The third kappa shape index (κ3) is 2.96. The Morgan fingerprint density at radius 3 is 2.84 bits per heavy atom. The van der Waals surface area contributed by atoms with Gasteiger partial charge < -0.3 is 5.73 Å². The Morgan fingerprint density at radius 2 is 2.21 bits per heavy atom. The molecular formula is C12H15ClN4OS. The average Bonchev–Trinajstić information content (AvgIpc) is 2.76. The Balaban J connectivity index is 2.29. The van der Waals surface area contributed by atoms with Crippen LogP contribution >= 0.6 is 11.6 Å². The summed E-state index contributed by atoms with van der Waals surface area (Å²) in [7, 11) is -1.34. The highest BCUT2D eigenvalue weighted by Gasteiger charge is 2.17. The van der Waals surface area contributed by atoms with Gasteiger partial charge >= 0.3 is 0 Å². The standard InChI is InChI=1S/C12H15ClN4OS/c1-8(2)17-11(15-7-16-17)6-19(18)12-9(13)4-3-5-10(12)14/h3-5,7-8H,6,14H2,1-2H3. The summed E-state index contributed by atoms with van der Waals surface area (Å²) in [4.78, 5) is 4.60. The van der Waals surface area contributed by atoms with Gasteiger partial charge in [0.2, 0.25) is 0 Å². The van der Waals surface area contributed by atoms with Gasteiger partial charge in [0, 0.05) is 11.7 Å². The molecule has 102 valence electrons. The molecule has 0 saturated heterocycles. The maximum Gasteiger partial charge on any atom is 0.140 e. The summed E-state index contributed by atoms with van der Waals surface area (Å²) in [6.07, 6.45) is 1.46. The molecule has 0 fully saturated rings. The van der Waals surface area contributed by atoms with Crippen LogP contribution in [0.3, 0.4) is 0 Å². The van der Waals surface area contributed by atoms with Gasteiger partial charge in [0.25, 0.3) is 0 Å². The Labute approximate surface area is 119 Å². The van der Waals surface area contributed by atoms with Gasteiger partial charge in [-0.05, 0) is 26.0 Å². The van der Waals surface area contributed by atoms with Gasteiger partial charge in [-0.1, -0.05) is 17.7 Å². The summed E-state index contributed by atoms with van der Waals surface area (Å²) in [5, 5.41) is 4.53. The van der Waals surface area contributed by atoms with Gasteiger partial charge in [0.15, 0.2) is 0 Å². The predicted octanol–water partition coefficient (Wildman–Crippen LogP) is 2.40. The molecule has 2 N–H and O–H groups in total. The number of anilines is 1.